The van der Waals surface area contributed by atoms with Crippen LogP contribution in [0.3, 0.4) is 0 Å². The molecule has 8 nitrogen and oxygen atoms in total. The minimum absolute atomic E-state index is 0.0203. The number of carbonyl (C=O) groups is 1. The summed E-state index contributed by atoms with van der Waals surface area (Å²) in [4.78, 5) is 14.3. The standard InChI is InChI=1S/C20H27N3O5S/c1-15-6-8-18(9-7-15)27-14-4-5-19(24)22-10-12-23(13-11-22)29(25,26)20-16(2)21-28-17(20)3/h6-9H,4-5,10-14H2,1-3H3. The predicted molar refractivity (Wildman–Crippen MR) is 107 cm³/mol. The van der Waals surface area contributed by atoms with E-state index in [1.165, 1.54) is 9.87 Å². The minimum atomic E-state index is -3.66. The lowest BCUT2D eigenvalue weighted by Crippen LogP contribution is -2.50. The Hall–Kier alpha value is -2.39. The Balaban J connectivity index is 1.45. The van der Waals surface area contributed by atoms with Gasteiger partial charge in [0.05, 0.1) is 6.61 Å². The molecule has 158 valence electrons. The van der Waals surface area contributed by atoms with E-state index >= 15 is 0 Å². The number of hydrogen-bond donors (Lipinski definition) is 0. The van der Waals surface area contributed by atoms with E-state index < -0.39 is 10.0 Å². The molecule has 0 unspecified atom stereocenters. The van der Waals surface area contributed by atoms with E-state index in [-0.39, 0.29) is 29.7 Å². The number of aryl methyl sites for hydroxylation is 3. The van der Waals surface area contributed by atoms with Gasteiger partial charge in [-0.25, -0.2) is 8.42 Å². The van der Waals surface area contributed by atoms with Gasteiger partial charge in [-0.05, 0) is 39.3 Å². The monoisotopic (exact) mass is 421 g/mol. The number of hydrogen-bond acceptors (Lipinski definition) is 6. The number of ether oxygens (including phenoxy) is 1. The van der Waals surface area contributed by atoms with Crippen molar-refractivity contribution in [2.45, 2.75) is 38.5 Å². The van der Waals surface area contributed by atoms with Gasteiger partial charge in [0.25, 0.3) is 0 Å². The van der Waals surface area contributed by atoms with Crippen LogP contribution in [0.2, 0.25) is 0 Å². The third-order valence-corrected chi connectivity index (χ3v) is 7.13. The van der Waals surface area contributed by atoms with Gasteiger partial charge in [-0.15, -0.1) is 0 Å². The predicted octanol–water partition coefficient (Wildman–Crippen LogP) is 2.29. The second-order valence-electron chi connectivity index (χ2n) is 7.20. The SMILES string of the molecule is Cc1ccc(OCCCC(=O)N2CCN(S(=O)(=O)c3c(C)noc3C)CC2)cc1. The summed E-state index contributed by atoms with van der Waals surface area (Å²) in [5, 5.41) is 3.73. The Kier molecular flexibility index (Phi) is 6.59. The number of carbonyl (C=O) groups excluding carboxylic acids is 1. The van der Waals surface area contributed by atoms with Crippen LogP contribution < -0.4 is 4.74 Å². The molecule has 9 heteroatoms. The molecule has 0 spiro atoms. The number of nitrogens with zero attached hydrogens (tertiary/aromatic N) is 3. The molecule has 2 heterocycles. The fourth-order valence-corrected chi connectivity index (χ4v) is 5.07. The average Bonchev–Trinajstić information content (AvgIpc) is 3.05. The molecule has 0 radical (unpaired) electrons. The van der Waals surface area contributed by atoms with Crippen molar-refractivity contribution in [1.82, 2.24) is 14.4 Å². The van der Waals surface area contributed by atoms with Crippen LogP contribution in [0.1, 0.15) is 29.9 Å². The quantitative estimate of drug-likeness (QED) is 0.637. The van der Waals surface area contributed by atoms with E-state index in [2.05, 4.69) is 5.16 Å². The summed E-state index contributed by atoms with van der Waals surface area (Å²) >= 11 is 0. The van der Waals surface area contributed by atoms with Crippen molar-refractivity contribution in [3.63, 3.8) is 0 Å². The lowest BCUT2D eigenvalue weighted by Gasteiger charge is -2.34. The first-order valence-corrected chi connectivity index (χ1v) is 11.1. The molecule has 0 bridgehead atoms. The summed E-state index contributed by atoms with van der Waals surface area (Å²) < 4.78 is 37.7. The Morgan fingerprint density at radius 2 is 1.76 bits per heavy atom. The van der Waals surface area contributed by atoms with Gasteiger partial charge < -0.3 is 14.2 Å². The van der Waals surface area contributed by atoms with Crippen molar-refractivity contribution >= 4 is 15.9 Å². The van der Waals surface area contributed by atoms with Crippen LogP contribution >= 0.6 is 0 Å². The number of amides is 1. The molecule has 0 atom stereocenters. The maximum atomic E-state index is 12.8. The maximum absolute atomic E-state index is 12.8. The van der Waals surface area contributed by atoms with E-state index in [1.54, 1.807) is 18.7 Å². The third kappa shape index (κ3) is 4.97. The Labute approximate surface area is 171 Å². The lowest BCUT2D eigenvalue weighted by molar-refractivity contribution is -0.132. The molecule has 0 saturated carbocycles. The molecule has 1 fully saturated rings. The highest BCUT2D eigenvalue weighted by Crippen LogP contribution is 2.24. The second kappa shape index (κ2) is 8.96. The molecule has 1 aromatic carbocycles. The van der Waals surface area contributed by atoms with Crippen LogP contribution in [0.25, 0.3) is 0 Å². The largest absolute Gasteiger partial charge is 0.494 e. The molecule has 1 amide bonds. The van der Waals surface area contributed by atoms with Crippen LogP contribution in [0.5, 0.6) is 5.75 Å². The number of rotatable bonds is 7. The Morgan fingerprint density at radius 1 is 1.10 bits per heavy atom. The average molecular weight is 422 g/mol. The first kappa shape index (κ1) is 21.3. The molecule has 1 aromatic heterocycles. The number of sulfonamides is 1. The van der Waals surface area contributed by atoms with Gasteiger partial charge in [0, 0.05) is 32.6 Å². The maximum Gasteiger partial charge on any atom is 0.248 e. The van der Waals surface area contributed by atoms with Gasteiger partial charge in [0.15, 0.2) is 5.76 Å². The van der Waals surface area contributed by atoms with Crippen molar-refractivity contribution in [1.29, 1.82) is 0 Å². The van der Waals surface area contributed by atoms with Crippen molar-refractivity contribution in [2.24, 2.45) is 0 Å². The van der Waals surface area contributed by atoms with Crippen molar-refractivity contribution < 1.29 is 22.5 Å². The smallest absolute Gasteiger partial charge is 0.248 e. The van der Waals surface area contributed by atoms with Gasteiger partial charge in [-0.3, -0.25) is 4.79 Å². The highest BCUT2D eigenvalue weighted by Gasteiger charge is 2.34. The summed E-state index contributed by atoms with van der Waals surface area (Å²) in [6.07, 6.45) is 0.993. The highest BCUT2D eigenvalue weighted by atomic mass is 32.2. The van der Waals surface area contributed by atoms with Crippen LogP contribution in [-0.4, -0.2) is 61.5 Å². The fourth-order valence-electron chi connectivity index (χ4n) is 3.36. The lowest BCUT2D eigenvalue weighted by atomic mass is 10.2. The molecule has 1 aliphatic rings. The molecule has 1 saturated heterocycles. The molecule has 1 aliphatic heterocycles. The fraction of sp³-hybridized carbons (Fsp3) is 0.500. The zero-order chi connectivity index (χ0) is 21.0. The molecule has 0 aliphatic carbocycles. The molecule has 0 N–H and O–H groups in total. The molecule has 29 heavy (non-hydrogen) atoms. The summed E-state index contributed by atoms with van der Waals surface area (Å²) in [6.45, 7) is 6.96. The third-order valence-electron chi connectivity index (χ3n) is 4.98. The zero-order valence-electron chi connectivity index (χ0n) is 17.1. The van der Waals surface area contributed by atoms with E-state index in [1.807, 2.05) is 31.2 Å². The van der Waals surface area contributed by atoms with Crippen molar-refractivity contribution in [3.05, 3.63) is 41.3 Å². The van der Waals surface area contributed by atoms with Gasteiger partial charge in [0.1, 0.15) is 16.3 Å². The summed E-state index contributed by atoms with van der Waals surface area (Å²) in [5.41, 5.74) is 1.53. The molecular weight excluding hydrogens is 394 g/mol. The molecule has 3 rings (SSSR count). The summed E-state index contributed by atoms with van der Waals surface area (Å²) in [5.74, 6) is 1.10. The van der Waals surface area contributed by atoms with Gasteiger partial charge in [0.2, 0.25) is 15.9 Å². The minimum Gasteiger partial charge on any atom is -0.494 e. The van der Waals surface area contributed by atoms with Crippen LogP contribution in [0.15, 0.2) is 33.7 Å². The Bertz CT molecular complexity index is 925. The first-order chi connectivity index (χ1) is 13.8. The van der Waals surface area contributed by atoms with Gasteiger partial charge in [-0.1, -0.05) is 22.9 Å². The first-order valence-electron chi connectivity index (χ1n) is 9.69. The van der Waals surface area contributed by atoms with Crippen LogP contribution in [-0.2, 0) is 14.8 Å². The van der Waals surface area contributed by atoms with Gasteiger partial charge in [-0.2, -0.15) is 4.31 Å². The van der Waals surface area contributed by atoms with Crippen LogP contribution in [0.4, 0.5) is 0 Å². The van der Waals surface area contributed by atoms with Crippen molar-refractivity contribution in [3.8, 4) is 5.75 Å². The Morgan fingerprint density at radius 3 is 2.34 bits per heavy atom. The van der Waals surface area contributed by atoms with E-state index in [0.717, 1.165) is 5.75 Å². The van der Waals surface area contributed by atoms with Crippen LogP contribution in [0, 0.1) is 20.8 Å². The van der Waals surface area contributed by atoms with Crippen molar-refractivity contribution in [2.75, 3.05) is 32.8 Å². The normalized spacial score (nSPS) is 15.5. The summed E-state index contributed by atoms with van der Waals surface area (Å²) in [6, 6.07) is 7.79. The van der Waals surface area contributed by atoms with E-state index in [9.17, 15) is 13.2 Å². The number of aromatic nitrogens is 1. The molecule has 2 aromatic rings. The zero-order valence-corrected chi connectivity index (χ0v) is 17.9. The van der Waals surface area contributed by atoms with E-state index in [4.69, 9.17) is 9.26 Å². The molecular formula is C20H27N3O5S. The topological polar surface area (TPSA) is 93.0 Å². The summed E-state index contributed by atoms with van der Waals surface area (Å²) in [7, 11) is -3.66. The number of piperazine rings is 1. The number of benzene rings is 1. The van der Waals surface area contributed by atoms with Gasteiger partial charge >= 0.3 is 0 Å². The van der Waals surface area contributed by atoms with E-state index in [0.29, 0.717) is 38.2 Å². The highest BCUT2D eigenvalue weighted by molar-refractivity contribution is 7.89. The second-order valence-corrected chi connectivity index (χ2v) is 9.08.